The van der Waals surface area contributed by atoms with Crippen LogP contribution in [0.3, 0.4) is 0 Å². The van der Waals surface area contributed by atoms with Crippen LogP contribution in [-0.2, 0) is 0 Å². The number of carbonyl (C=O) groups is 1. The summed E-state index contributed by atoms with van der Waals surface area (Å²) in [4.78, 5) is 14.1. The van der Waals surface area contributed by atoms with Gasteiger partial charge in [-0.1, -0.05) is 0 Å². The van der Waals surface area contributed by atoms with Gasteiger partial charge < -0.3 is 20.1 Å². The average Bonchev–Trinajstić information content (AvgIpc) is 2.83. The lowest BCUT2D eigenvalue weighted by Gasteiger charge is -2.16. The van der Waals surface area contributed by atoms with Crippen molar-refractivity contribution in [1.82, 2.24) is 4.90 Å². The second kappa shape index (κ2) is 6.63. The van der Waals surface area contributed by atoms with Crippen LogP contribution in [-0.4, -0.2) is 44.2 Å². The standard InChI is InChI=1S/C13H18N2O3.ClH/c1-17-11-5-9(6-12(7-11)18-2)13(16)15-4-3-10(14)8-15;/h5-7,10H,3-4,8,14H2,1-2H3;1H/t10-;/m0./s1. The van der Waals surface area contributed by atoms with E-state index in [-0.39, 0.29) is 24.4 Å². The van der Waals surface area contributed by atoms with Crippen LogP contribution in [0.4, 0.5) is 0 Å². The Morgan fingerprint density at radius 3 is 2.26 bits per heavy atom. The molecule has 2 rings (SSSR count). The second-order valence-electron chi connectivity index (χ2n) is 4.40. The molecule has 19 heavy (non-hydrogen) atoms. The molecule has 1 aliphatic heterocycles. The number of rotatable bonds is 3. The van der Waals surface area contributed by atoms with Crippen LogP contribution in [0.1, 0.15) is 16.8 Å². The number of ether oxygens (including phenoxy) is 2. The Bertz CT molecular complexity index is 431. The summed E-state index contributed by atoms with van der Waals surface area (Å²) in [7, 11) is 3.13. The summed E-state index contributed by atoms with van der Waals surface area (Å²) in [5.74, 6) is 1.20. The summed E-state index contributed by atoms with van der Waals surface area (Å²) in [6, 6.07) is 5.26. The summed E-state index contributed by atoms with van der Waals surface area (Å²) in [6.07, 6.45) is 0.854. The molecule has 0 saturated carbocycles. The molecule has 0 bridgehead atoms. The molecule has 1 atom stereocenters. The van der Waals surface area contributed by atoms with E-state index in [1.807, 2.05) is 0 Å². The fraction of sp³-hybridized carbons (Fsp3) is 0.462. The van der Waals surface area contributed by atoms with Crippen LogP contribution in [0.25, 0.3) is 0 Å². The lowest BCUT2D eigenvalue weighted by Crippen LogP contribution is -2.31. The Kier molecular flexibility index (Phi) is 5.44. The molecular formula is C13H19ClN2O3. The van der Waals surface area contributed by atoms with Crippen molar-refractivity contribution in [1.29, 1.82) is 0 Å². The molecule has 1 aromatic carbocycles. The van der Waals surface area contributed by atoms with E-state index in [2.05, 4.69) is 0 Å². The smallest absolute Gasteiger partial charge is 0.254 e. The van der Waals surface area contributed by atoms with Crippen molar-refractivity contribution >= 4 is 18.3 Å². The molecule has 0 unspecified atom stereocenters. The third-order valence-electron chi connectivity index (χ3n) is 3.11. The van der Waals surface area contributed by atoms with Crippen LogP contribution in [0, 0.1) is 0 Å². The van der Waals surface area contributed by atoms with Crippen molar-refractivity contribution < 1.29 is 14.3 Å². The van der Waals surface area contributed by atoms with Gasteiger partial charge in [0.15, 0.2) is 0 Å². The first-order valence-electron chi connectivity index (χ1n) is 5.92. The lowest BCUT2D eigenvalue weighted by molar-refractivity contribution is 0.0790. The fourth-order valence-corrected chi connectivity index (χ4v) is 2.09. The highest BCUT2D eigenvalue weighted by Gasteiger charge is 2.25. The lowest BCUT2D eigenvalue weighted by atomic mass is 10.1. The Morgan fingerprint density at radius 1 is 1.26 bits per heavy atom. The van der Waals surface area contributed by atoms with Gasteiger partial charge in [0.2, 0.25) is 0 Å². The third-order valence-corrected chi connectivity index (χ3v) is 3.11. The number of nitrogens with two attached hydrogens (primary N) is 1. The maximum atomic E-state index is 12.3. The molecule has 5 nitrogen and oxygen atoms in total. The monoisotopic (exact) mass is 286 g/mol. The molecule has 1 aliphatic rings. The molecule has 2 N–H and O–H groups in total. The van der Waals surface area contributed by atoms with Gasteiger partial charge in [0.1, 0.15) is 11.5 Å². The van der Waals surface area contributed by atoms with Crippen molar-refractivity contribution in [2.75, 3.05) is 27.3 Å². The number of hydrogen-bond donors (Lipinski definition) is 1. The van der Waals surface area contributed by atoms with Crippen molar-refractivity contribution in [2.45, 2.75) is 12.5 Å². The first kappa shape index (κ1) is 15.6. The zero-order chi connectivity index (χ0) is 13.1. The van der Waals surface area contributed by atoms with E-state index in [1.165, 1.54) is 0 Å². The summed E-state index contributed by atoms with van der Waals surface area (Å²) in [5, 5.41) is 0. The number of amides is 1. The Labute approximate surface area is 119 Å². The maximum absolute atomic E-state index is 12.3. The van der Waals surface area contributed by atoms with Crippen LogP contribution in [0.5, 0.6) is 11.5 Å². The minimum atomic E-state index is -0.0276. The number of methoxy groups -OCH3 is 2. The molecule has 0 radical (unpaired) electrons. The van der Waals surface area contributed by atoms with Gasteiger partial charge in [-0.15, -0.1) is 12.4 Å². The number of hydrogen-bond acceptors (Lipinski definition) is 4. The number of carbonyl (C=O) groups excluding carboxylic acids is 1. The molecule has 0 spiro atoms. The summed E-state index contributed by atoms with van der Waals surface area (Å²) < 4.78 is 10.3. The minimum absolute atomic E-state index is 0. The largest absolute Gasteiger partial charge is 0.497 e. The molecule has 1 saturated heterocycles. The zero-order valence-electron chi connectivity index (χ0n) is 11.1. The van der Waals surface area contributed by atoms with Gasteiger partial charge in [-0.25, -0.2) is 0 Å². The summed E-state index contributed by atoms with van der Waals surface area (Å²) in [5.41, 5.74) is 6.38. The highest BCUT2D eigenvalue weighted by molar-refractivity contribution is 5.95. The maximum Gasteiger partial charge on any atom is 0.254 e. The number of benzene rings is 1. The van der Waals surface area contributed by atoms with Gasteiger partial charge >= 0.3 is 0 Å². The van der Waals surface area contributed by atoms with Crippen molar-refractivity contribution in [2.24, 2.45) is 5.73 Å². The van der Waals surface area contributed by atoms with Gasteiger partial charge in [0, 0.05) is 30.8 Å². The number of halogens is 1. The molecular weight excluding hydrogens is 268 g/mol. The topological polar surface area (TPSA) is 64.8 Å². The molecule has 6 heteroatoms. The first-order valence-corrected chi connectivity index (χ1v) is 5.92. The highest BCUT2D eigenvalue weighted by atomic mass is 35.5. The Balaban J connectivity index is 0.00000180. The van der Waals surface area contributed by atoms with E-state index in [0.717, 1.165) is 6.42 Å². The fourth-order valence-electron chi connectivity index (χ4n) is 2.09. The molecule has 1 fully saturated rings. The Hall–Kier alpha value is -1.46. The van der Waals surface area contributed by atoms with Gasteiger partial charge in [-0.05, 0) is 18.6 Å². The predicted molar refractivity (Wildman–Crippen MR) is 75.3 cm³/mol. The highest BCUT2D eigenvalue weighted by Crippen LogP contribution is 2.24. The summed E-state index contributed by atoms with van der Waals surface area (Å²) in [6.45, 7) is 1.32. The van der Waals surface area contributed by atoms with Crippen LogP contribution in [0.2, 0.25) is 0 Å². The van der Waals surface area contributed by atoms with Crippen molar-refractivity contribution in [3.8, 4) is 11.5 Å². The van der Waals surface area contributed by atoms with Crippen LogP contribution < -0.4 is 15.2 Å². The van der Waals surface area contributed by atoms with Crippen LogP contribution >= 0.6 is 12.4 Å². The van der Waals surface area contributed by atoms with E-state index in [1.54, 1.807) is 37.3 Å². The van der Waals surface area contributed by atoms with Crippen LogP contribution in [0.15, 0.2) is 18.2 Å². The van der Waals surface area contributed by atoms with Gasteiger partial charge in [0.25, 0.3) is 5.91 Å². The second-order valence-corrected chi connectivity index (χ2v) is 4.40. The van der Waals surface area contributed by atoms with Gasteiger partial charge in [0.05, 0.1) is 14.2 Å². The minimum Gasteiger partial charge on any atom is -0.497 e. The number of nitrogens with zero attached hydrogens (tertiary/aromatic N) is 1. The predicted octanol–water partition coefficient (Wildman–Crippen LogP) is 1.30. The molecule has 1 aromatic rings. The van der Waals surface area contributed by atoms with E-state index in [9.17, 15) is 4.79 Å². The SMILES string of the molecule is COc1cc(OC)cc(C(=O)N2CC[C@H](N)C2)c1.Cl. The Morgan fingerprint density at radius 2 is 1.84 bits per heavy atom. The number of likely N-dealkylation sites (tertiary alicyclic amines) is 1. The van der Waals surface area contributed by atoms with Crippen molar-refractivity contribution in [3.63, 3.8) is 0 Å². The summed E-state index contributed by atoms with van der Waals surface area (Å²) >= 11 is 0. The molecule has 0 aromatic heterocycles. The molecule has 1 amide bonds. The first-order chi connectivity index (χ1) is 8.63. The van der Waals surface area contributed by atoms with E-state index >= 15 is 0 Å². The van der Waals surface area contributed by atoms with Gasteiger partial charge in [-0.3, -0.25) is 4.79 Å². The third kappa shape index (κ3) is 3.52. The molecule has 0 aliphatic carbocycles. The normalized spacial score (nSPS) is 17.8. The average molecular weight is 287 g/mol. The van der Waals surface area contributed by atoms with E-state index in [0.29, 0.717) is 30.2 Å². The van der Waals surface area contributed by atoms with Crippen molar-refractivity contribution in [3.05, 3.63) is 23.8 Å². The quantitative estimate of drug-likeness (QED) is 0.910. The van der Waals surface area contributed by atoms with Gasteiger partial charge in [-0.2, -0.15) is 0 Å². The zero-order valence-corrected chi connectivity index (χ0v) is 11.9. The van der Waals surface area contributed by atoms with E-state index in [4.69, 9.17) is 15.2 Å². The molecule has 106 valence electrons. The van der Waals surface area contributed by atoms with E-state index < -0.39 is 0 Å². The molecule has 1 heterocycles.